The van der Waals surface area contributed by atoms with E-state index in [4.69, 9.17) is 0 Å². The lowest BCUT2D eigenvalue weighted by atomic mass is 9.87. The summed E-state index contributed by atoms with van der Waals surface area (Å²) >= 11 is 0. The van der Waals surface area contributed by atoms with Crippen LogP contribution in [-0.2, 0) is 12.5 Å². The summed E-state index contributed by atoms with van der Waals surface area (Å²) in [4.78, 5) is 4.37. The highest BCUT2D eigenvalue weighted by Crippen LogP contribution is 2.25. The normalized spacial score (nSPS) is 12.0. The van der Waals surface area contributed by atoms with E-state index in [2.05, 4.69) is 37.4 Å². The molecule has 0 saturated heterocycles. The molecule has 0 radical (unpaired) electrons. The van der Waals surface area contributed by atoms with Crippen molar-refractivity contribution in [3.8, 4) is 0 Å². The van der Waals surface area contributed by atoms with Gasteiger partial charge in [-0.2, -0.15) is 0 Å². The van der Waals surface area contributed by atoms with Crippen LogP contribution < -0.4 is 0 Å². The zero-order valence-electron chi connectivity index (χ0n) is 8.46. The Hall–Kier alpha value is -0.790. The van der Waals surface area contributed by atoms with Gasteiger partial charge in [0.1, 0.15) is 5.82 Å². The van der Waals surface area contributed by atoms with Crippen molar-refractivity contribution in [3.05, 3.63) is 18.2 Å². The first kappa shape index (κ1) is 9.30. The van der Waals surface area contributed by atoms with Gasteiger partial charge in [0.15, 0.2) is 0 Å². The molecule has 0 N–H and O–H groups in total. The highest BCUT2D eigenvalue weighted by atomic mass is 15.0. The molecule has 0 atom stereocenters. The van der Waals surface area contributed by atoms with Crippen molar-refractivity contribution in [3.63, 3.8) is 0 Å². The Balaban J connectivity index is 2.88. The standard InChI is InChI=1S/C10H18N2/c1-5-6-10(2,3)9-11-7-8-12(9)4/h7-8H,5-6H2,1-4H3. The molecule has 0 aliphatic heterocycles. The number of aromatic nitrogens is 2. The number of rotatable bonds is 3. The zero-order valence-corrected chi connectivity index (χ0v) is 8.46. The van der Waals surface area contributed by atoms with Crippen LogP contribution in [0.15, 0.2) is 12.4 Å². The van der Waals surface area contributed by atoms with Crippen LogP contribution in [0.5, 0.6) is 0 Å². The topological polar surface area (TPSA) is 17.8 Å². The largest absolute Gasteiger partial charge is 0.338 e. The third kappa shape index (κ3) is 1.68. The average molecular weight is 166 g/mol. The van der Waals surface area contributed by atoms with Crippen LogP contribution in [0.2, 0.25) is 0 Å². The van der Waals surface area contributed by atoms with E-state index in [9.17, 15) is 0 Å². The fourth-order valence-corrected chi connectivity index (χ4v) is 1.75. The first-order valence-electron chi connectivity index (χ1n) is 4.55. The summed E-state index contributed by atoms with van der Waals surface area (Å²) in [6.45, 7) is 6.71. The van der Waals surface area contributed by atoms with Gasteiger partial charge in [-0.05, 0) is 6.42 Å². The van der Waals surface area contributed by atoms with Crippen molar-refractivity contribution >= 4 is 0 Å². The number of hydrogen-bond donors (Lipinski definition) is 0. The van der Waals surface area contributed by atoms with Crippen molar-refractivity contribution in [2.24, 2.45) is 7.05 Å². The third-order valence-electron chi connectivity index (χ3n) is 2.30. The van der Waals surface area contributed by atoms with Gasteiger partial charge in [-0.3, -0.25) is 0 Å². The molecule has 1 aromatic heterocycles. The second kappa shape index (κ2) is 3.30. The molecule has 2 heteroatoms. The molecule has 12 heavy (non-hydrogen) atoms. The van der Waals surface area contributed by atoms with E-state index in [1.165, 1.54) is 18.7 Å². The molecular formula is C10H18N2. The average Bonchev–Trinajstić information content (AvgIpc) is 2.35. The van der Waals surface area contributed by atoms with Crippen molar-refractivity contribution in [2.45, 2.75) is 39.0 Å². The van der Waals surface area contributed by atoms with Crippen LogP contribution in [0.25, 0.3) is 0 Å². The molecule has 0 saturated carbocycles. The van der Waals surface area contributed by atoms with Gasteiger partial charge in [0, 0.05) is 24.9 Å². The van der Waals surface area contributed by atoms with Gasteiger partial charge in [-0.25, -0.2) is 4.98 Å². The Morgan fingerprint density at radius 1 is 1.50 bits per heavy atom. The Bertz CT molecular complexity index is 248. The summed E-state index contributed by atoms with van der Waals surface area (Å²) in [6.07, 6.45) is 6.28. The van der Waals surface area contributed by atoms with Crippen molar-refractivity contribution in [1.82, 2.24) is 9.55 Å². The summed E-state index contributed by atoms with van der Waals surface area (Å²) in [5, 5.41) is 0. The lowest BCUT2D eigenvalue weighted by Crippen LogP contribution is -2.21. The summed E-state index contributed by atoms with van der Waals surface area (Å²) in [6, 6.07) is 0. The third-order valence-corrected chi connectivity index (χ3v) is 2.30. The maximum absolute atomic E-state index is 4.37. The van der Waals surface area contributed by atoms with Gasteiger partial charge in [-0.1, -0.05) is 27.2 Å². The van der Waals surface area contributed by atoms with Crippen LogP contribution in [0.4, 0.5) is 0 Å². The highest BCUT2D eigenvalue weighted by Gasteiger charge is 2.23. The Kier molecular flexibility index (Phi) is 2.55. The number of aryl methyl sites for hydroxylation is 1. The van der Waals surface area contributed by atoms with Crippen LogP contribution in [0, 0.1) is 0 Å². The first-order chi connectivity index (χ1) is 5.58. The van der Waals surface area contributed by atoms with Crippen molar-refractivity contribution < 1.29 is 0 Å². The lowest BCUT2D eigenvalue weighted by Gasteiger charge is -2.23. The SMILES string of the molecule is CCCC(C)(C)c1nccn1C. The van der Waals surface area contributed by atoms with Crippen LogP contribution in [0.1, 0.15) is 39.4 Å². The van der Waals surface area contributed by atoms with E-state index in [1.807, 2.05) is 12.4 Å². The Labute approximate surface area is 74.6 Å². The Morgan fingerprint density at radius 3 is 2.58 bits per heavy atom. The minimum absolute atomic E-state index is 0.215. The van der Waals surface area contributed by atoms with E-state index in [-0.39, 0.29) is 5.41 Å². The van der Waals surface area contributed by atoms with E-state index < -0.39 is 0 Å². The van der Waals surface area contributed by atoms with Gasteiger partial charge < -0.3 is 4.57 Å². The van der Waals surface area contributed by atoms with Gasteiger partial charge >= 0.3 is 0 Å². The summed E-state index contributed by atoms with van der Waals surface area (Å²) in [5.41, 5.74) is 0.215. The smallest absolute Gasteiger partial charge is 0.114 e. The number of imidazole rings is 1. The summed E-state index contributed by atoms with van der Waals surface area (Å²) in [7, 11) is 2.06. The monoisotopic (exact) mass is 166 g/mol. The molecule has 0 aromatic carbocycles. The maximum atomic E-state index is 4.37. The fourth-order valence-electron chi connectivity index (χ4n) is 1.75. The summed E-state index contributed by atoms with van der Waals surface area (Å²) < 4.78 is 2.11. The molecule has 0 unspecified atom stereocenters. The molecule has 1 heterocycles. The molecule has 0 aliphatic carbocycles. The molecule has 0 aliphatic rings. The second-order valence-electron chi connectivity index (χ2n) is 4.00. The van der Waals surface area contributed by atoms with Gasteiger partial charge in [0.2, 0.25) is 0 Å². The van der Waals surface area contributed by atoms with E-state index in [0.717, 1.165) is 0 Å². The van der Waals surface area contributed by atoms with E-state index in [0.29, 0.717) is 0 Å². The van der Waals surface area contributed by atoms with Crippen LogP contribution >= 0.6 is 0 Å². The molecule has 0 spiro atoms. The van der Waals surface area contributed by atoms with Gasteiger partial charge in [0.05, 0.1) is 0 Å². The molecule has 1 aromatic rings. The molecule has 68 valence electrons. The minimum atomic E-state index is 0.215. The predicted molar refractivity (Wildman–Crippen MR) is 51.1 cm³/mol. The fraction of sp³-hybridized carbons (Fsp3) is 0.700. The molecule has 0 amide bonds. The lowest BCUT2D eigenvalue weighted by molar-refractivity contribution is 0.431. The minimum Gasteiger partial charge on any atom is -0.338 e. The van der Waals surface area contributed by atoms with Gasteiger partial charge in [-0.15, -0.1) is 0 Å². The number of hydrogen-bond acceptors (Lipinski definition) is 1. The Morgan fingerprint density at radius 2 is 2.17 bits per heavy atom. The maximum Gasteiger partial charge on any atom is 0.114 e. The molecule has 2 nitrogen and oxygen atoms in total. The predicted octanol–water partition coefficient (Wildman–Crippen LogP) is 2.50. The highest BCUT2D eigenvalue weighted by molar-refractivity contribution is 5.05. The quantitative estimate of drug-likeness (QED) is 0.674. The van der Waals surface area contributed by atoms with E-state index in [1.54, 1.807) is 0 Å². The first-order valence-corrected chi connectivity index (χ1v) is 4.55. The van der Waals surface area contributed by atoms with Crippen molar-refractivity contribution in [2.75, 3.05) is 0 Å². The molecule has 0 bridgehead atoms. The van der Waals surface area contributed by atoms with Crippen LogP contribution in [0.3, 0.4) is 0 Å². The molecule has 0 fully saturated rings. The number of nitrogens with zero attached hydrogens (tertiary/aromatic N) is 2. The molecular weight excluding hydrogens is 148 g/mol. The second-order valence-corrected chi connectivity index (χ2v) is 4.00. The van der Waals surface area contributed by atoms with Crippen LogP contribution in [-0.4, -0.2) is 9.55 Å². The zero-order chi connectivity index (χ0) is 9.19. The van der Waals surface area contributed by atoms with E-state index >= 15 is 0 Å². The van der Waals surface area contributed by atoms with Crippen molar-refractivity contribution in [1.29, 1.82) is 0 Å². The molecule has 1 rings (SSSR count). The summed E-state index contributed by atoms with van der Waals surface area (Å²) in [5.74, 6) is 1.18. The van der Waals surface area contributed by atoms with Gasteiger partial charge in [0.25, 0.3) is 0 Å².